The lowest BCUT2D eigenvalue weighted by Gasteiger charge is -2.25. The van der Waals surface area contributed by atoms with Crippen molar-refractivity contribution in [3.05, 3.63) is 71.3 Å². The molecule has 2 N–H and O–H groups in total. The first-order chi connectivity index (χ1) is 12.5. The Bertz CT molecular complexity index is 860. The van der Waals surface area contributed by atoms with Crippen molar-refractivity contribution in [2.45, 2.75) is 6.04 Å². The van der Waals surface area contributed by atoms with Crippen LogP contribution in [0.2, 0.25) is 0 Å². The maximum Gasteiger partial charge on any atom is 0.295 e. The van der Waals surface area contributed by atoms with Gasteiger partial charge in [0.2, 0.25) is 0 Å². The molecule has 0 radical (unpaired) electrons. The monoisotopic (exact) mass is 353 g/mol. The molecule has 0 spiro atoms. The van der Waals surface area contributed by atoms with Gasteiger partial charge in [-0.25, -0.2) is 0 Å². The molecule has 26 heavy (non-hydrogen) atoms. The zero-order valence-electron chi connectivity index (χ0n) is 14.3. The van der Waals surface area contributed by atoms with E-state index in [1.165, 1.54) is 24.1 Å². The fourth-order valence-corrected chi connectivity index (χ4v) is 3.09. The van der Waals surface area contributed by atoms with E-state index in [4.69, 9.17) is 4.74 Å². The molecule has 6 nitrogen and oxygen atoms in total. The summed E-state index contributed by atoms with van der Waals surface area (Å²) >= 11 is 0. The molecular weight excluding hydrogens is 334 g/mol. The van der Waals surface area contributed by atoms with E-state index in [9.17, 15) is 19.8 Å². The number of rotatable bonds is 5. The summed E-state index contributed by atoms with van der Waals surface area (Å²) in [4.78, 5) is 26.5. The van der Waals surface area contributed by atoms with Crippen LogP contribution in [0.25, 0.3) is 5.76 Å². The lowest BCUT2D eigenvalue weighted by molar-refractivity contribution is -0.140. The molecule has 3 rings (SSSR count). The number of phenolic OH excluding ortho intramolecular Hbond substituents is 1. The first kappa shape index (κ1) is 17.7. The van der Waals surface area contributed by atoms with Gasteiger partial charge in [-0.1, -0.05) is 42.5 Å². The Morgan fingerprint density at radius 2 is 1.85 bits per heavy atom. The molecule has 1 amide bonds. The first-order valence-corrected chi connectivity index (χ1v) is 8.16. The van der Waals surface area contributed by atoms with E-state index >= 15 is 0 Å². The number of aliphatic hydroxyl groups excluding tert-OH is 1. The number of aliphatic hydroxyl groups is 1. The third kappa shape index (κ3) is 3.19. The van der Waals surface area contributed by atoms with Gasteiger partial charge in [-0.3, -0.25) is 9.59 Å². The number of phenols is 1. The van der Waals surface area contributed by atoms with E-state index in [0.29, 0.717) is 11.1 Å². The van der Waals surface area contributed by atoms with Gasteiger partial charge < -0.3 is 19.8 Å². The summed E-state index contributed by atoms with van der Waals surface area (Å²) in [6.07, 6.45) is 0. The largest absolute Gasteiger partial charge is 0.508 e. The van der Waals surface area contributed by atoms with Gasteiger partial charge >= 0.3 is 0 Å². The highest BCUT2D eigenvalue weighted by Crippen LogP contribution is 2.39. The highest BCUT2D eigenvalue weighted by Gasteiger charge is 2.45. The predicted molar refractivity (Wildman–Crippen MR) is 95.4 cm³/mol. The van der Waals surface area contributed by atoms with Crippen LogP contribution in [0.1, 0.15) is 17.2 Å². The van der Waals surface area contributed by atoms with Crippen molar-refractivity contribution in [1.82, 2.24) is 4.90 Å². The second-order valence-corrected chi connectivity index (χ2v) is 5.95. The second-order valence-electron chi connectivity index (χ2n) is 5.95. The number of ether oxygens (including phenoxy) is 1. The minimum absolute atomic E-state index is 0.00269. The number of hydrogen-bond donors (Lipinski definition) is 2. The molecule has 6 heteroatoms. The molecule has 1 saturated heterocycles. The topological polar surface area (TPSA) is 87.1 Å². The second kappa shape index (κ2) is 7.41. The van der Waals surface area contributed by atoms with Gasteiger partial charge in [0.1, 0.15) is 11.5 Å². The lowest BCUT2D eigenvalue weighted by atomic mass is 9.95. The number of Topliss-reactive ketones (excluding diaryl/α,β-unsaturated/α-hetero) is 1. The fourth-order valence-electron chi connectivity index (χ4n) is 3.09. The zero-order chi connectivity index (χ0) is 18.7. The van der Waals surface area contributed by atoms with Gasteiger partial charge in [-0.2, -0.15) is 0 Å². The number of amides is 1. The average molecular weight is 353 g/mol. The number of aromatic hydroxyl groups is 1. The van der Waals surface area contributed by atoms with E-state index in [-0.39, 0.29) is 30.2 Å². The molecule has 1 atom stereocenters. The van der Waals surface area contributed by atoms with Crippen molar-refractivity contribution < 1.29 is 24.5 Å². The van der Waals surface area contributed by atoms with E-state index in [0.717, 1.165) is 0 Å². The molecule has 1 aliphatic rings. The zero-order valence-corrected chi connectivity index (χ0v) is 14.3. The summed E-state index contributed by atoms with van der Waals surface area (Å²) in [6.45, 7) is 0.431. The summed E-state index contributed by atoms with van der Waals surface area (Å²) in [5, 5.41) is 20.6. The standard InChI is InChI=1S/C20H19NO5/c1-26-11-10-21-17(14-8-5-9-15(22)12-14)16(19(24)20(21)25)18(23)13-6-3-2-4-7-13/h2-9,12,17,22-23H,10-11H2,1H3/b18-16+/t17-/m1/s1. The Balaban J connectivity index is 2.16. The Hall–Kier alpha value is -3.12. The number of ketones is 1. The van der Waals surface area contributed by atoms with Gasteiger partial charge in [0, 0.05) is 19.2 Å². The SMILES string of the molecule is COCCN1C(=O)C(=O)/C(=C(/O)c2ccccc2)[C@H]1c1cccc(O)c1. The molecule has 2 aromatic carbocycles. The number of carbonyl (C=O) groups is 2. The Morgan fingerprint density at radius 3 is 2.50 bits per heavy atom. The highest BCUT2D eigenvalue weighted by molar-refractivity contribution is 6.46. The van der Waals surface area contributed by atoms with Crippen LogP contribution in [-0.2, 0) is 14.3 Å². The minimum Gasteiger partial charge on any atom is -0.508 e. The highest BCUT2D eigenvalue weighted by atomic mass is 16.5. The molecule has 1 fully saturated rings. The van der Waals surface area contributed by atoms with Crippen molar-refractivity contribution in [3.8, 4) is 5.75 Å². The van der Waals surface area contributed by atoms with Crippen molar-refractivity contribution in [2.24, 2.45) is 0 Å². The molecule has 0 aliphatic carbocycles. The number of benzene rings is 2. The Kier molecular flexibility index (Phi) is 5.04. The van der Waals surface area contributed by atoms with Crippen LogP contribution in [0.5, 0.6) is 5.75 Å². The number of carbonyl (C=O) groups excluding carboxylic acids is 2. The third-order valence-corrected chi connectivity index (χ3v) is 4.31. The molecule has 0 unspecified atom stereocenters. The molecular formula is C20H19NO5. The van der Waals surface area contributed by atoms with Crippen LogP contribution >= 0.6 is 0 Å². The van der Waals surface area contributed by atoms with Gasteiger partial charge in [0.15, 0.2) is 0 Å². The van der Waals surface area contributed by atoms with Crippen molar-refractivity contribution in [1.29, 1.82) is 0 Å². The van der Waals surface area contributed by atoms with Crippen LogP contribution in [0.4, 0.5) is 0 Å². The van der Waals surface area contributed by atoms with E-state index in [1.54, 1.807) is 42.5 Å². The maximum absolute atomic E-state index is 12.6. The first-order valence-electron chi connectivity index (χ1n) is 8.16. The molecule has 1 aliphatic heterocycles. The molecule has 1 heterocycles. The number of hydrogen-bond acceptors (Lipinski definition) is 5. The molecule has 0 aromatic heterocycles. The van der Waals surface area contributed by atoms with Crippen molar-refractivity contribution in [2.75, 3.05) is 20.3 Å². The fraction of sp³-hybridized carbons (Fsp3) is 0.200. The van der Waals surface area contributed by atoms with E-state index in [1.807, 2.05) is 0 Å². The van der Waals surface area contributed by atoms with Gasteiger partial charge in [-0.05, 0) is 17.7 Å². The van der Waals surface area contributed by atoms with Crippen LogP contribution in [0.3, 0.4) is 0 Å². The van der Waals surface area contributed by atoms with Crippen LogP contribution in [-0.4, -0.2) is 47.1 Å². The maximum atomic E-state index is 12.6. The molecule has 134 valence electrons. The smallest absolute Gasteiger partial charge is 0.295 e. The molecule has 0 bridgehead atoms. The summed E-state index contributed by atoms with van der Waals surface area (Å²) in [7, 11) is 1.50. The molecule has 2 aromatic rings. The lowest BCUT2D eigenvalue weighted by Crippen LogP contribution is -2.32. The molecule has 0 saturated carbocycles. The minimum atomic E-state index is -0.794. The number of methoxy groups -OCH3 is 1. The predicted octanol–water partition coefficient (Wildman–Crippen LogP) is 2.46. The quantitative estimate of drug-likeness (QED) is 0.490. The van der Waals surface area contributed by atoms with E-state index in [2.05, 4.69) is 0 Å². The van der Waals surface area contributed by atoms with Crippen LogP contribution in [0.15, 0.2) is 60.2 Å². The summed E-state index contributed by atoms with van der Waals surface area (Å²) in [5.74, 6) is -1.68. The Labute approximate surface area is 150 Å². The van der Waals surface area contributed by atoms with Crippen LogP contribution < -0.4 is 0 Å². The number of nitrogens with zero attached hydrogens (tertiary/aromatic N) is 1. The summed E-state index contributed by atoms with van der Waals surface area (Å²) < 4.78 is 5.04. The summed E-state index contributed by atoms with van der Waals surface area (Å²) in [6, 6.07) is 14.1. The van der Waals surface area contributed by atoms with Gasteiger partial charge in [-0.15, -0.1) is 0 Å². The van der Waals surface area contributed by atoms with Gasteiger partial charge in [0.25, 0.3) is 11.7 Å². The summed E-state index contributed by atoms with van der Waals surface area (Å²) in [5.41, 5.74) is 0.989. The normalized spacial score (nSPS) is 19.1. The average Bonchev–Trinajstić information content (AvgIpc) is 2.91. The van der Waals surface area contributed by atoms with Crippen molar-refractivity contribution >= 4 is 17.4 Å². The van der Waals surface area contributed by atoms with Crippen molar-refractivity contribution in [3.63, 3.8) is 0 Å². The third-order valence-electron chi connectivity index (χ3n) is 4.31. The van der Waals surface area contributed by atoms with Crippen LogP contribution in [0, 0.1) is 0 Å². The van der Waals surface area contributed by atoms with Gasteiger partial charge in [0.05, 0.1) is 18.2 Å². The van der Waals surface area contributed by atoms with E-state index < -0.39 is 17.7 Å². The number of likely N-dealkylation sites (tertiary alicyclic amines) is 1. The Morgan fingerprint density at radius 1 is 1.12 bits per heavy atom.